The minimum atomic E-state index is -0.0497. The van der Waals surface area contributed by atoms with Crippen LogP contribution in [0.5, 0.6) is 11.5 Å². The van der Waals surface area contributed by atoms with Gasteiger partial charge in [-0.15, -0.1) is 0 Å². The molecule has 0 spiro atoms. The van der Waals surface area contributed by atoms with Gasteiger partial charge in [-0.1, -0.05) is 11.6 Å². The zero-order chi connectivity index (χ0) is 15.5. The molecular weight excluding hydrogens is 290 g/mol. The average molecular weight is 314 g/mol. The van der Waals surface area contributed by atoms with Crippen molar-refractivity contribution in [2.75, 3.05) is 20.8 Å². The highest BCUT2D eigenvalue weighted by Gasteiger charge is 2.32. The molecular formula is C16H24ClNO3. The summed E-state index contributed by atoms with van der Waals surface area (Å²) in [4.78, 5) is 0. The number of ether oxygens (including phenoxy) is 3. The summed E-state index contributed by atoms with van der Waals surface area (Å²) in [5.74, 6) is 1.40. The van der Waals surface area contributed by atoms with E-state index < -0.39 is 0 Å². The number of nitrogens with one attached hydrogen (secondary N) is 1. The fraction of sp³-hybridized carbons (Fsp3) is 0.625. The van der Waals surface area contributed by atoms with Crippen LogP contribution in [0.25, 0.3) is 0 Å². The van der Waals surface area contributed by atoms with Crippen molar-refractivity contribution in [3.63, 3.8) is 0 Å². The van der Waals surface area contributed by atoms with Gasteiger partial charge in [0.15, 0.2) is 11.5 Å². The van der Waals surface area contributed by atoms with Crippen molar-refractivity contribution < 1.29 is 14.2 Å². The van der Waals surface area contributed by atoms with E-state index in [4.69, 9.17) is 25.8 Å². The molecule has 1 saturated heterocycles. The summed E-state index contributed by atoms with van der Waals surface area (Å²) in [5.41, 5.74) is 0.936. The Morgan fingerprint density at radius 3 is 2.76 bits per heavy atom. The maximum Gasteiger partial charge on any atom is 0.165 e. The van der Waals surface area contributed by atoms with Crippen LogP contribution in [-0.2, 0) is 11.3 Å². The molecule has 1 aliphatic rings. The minimum absolute atomic E-state index is 0.0497. The fourth-order valence-corrected chi connectivity index (χ4v) is 2.86. The van der Waals surface area contributed by atoms with Crippen LogP contribution >= 0.6 is 11.6 Å². The first-order chi connectivity index (χ1) is 9.95. The average Bonchev–Trinajstić information content (AvgIpc) is 2.77. The van der Waals surface area contributed by atoms with Crippen LogP contribution in [0.2, 0.25) is 5.02 Å². The van der Waals surface area contributed by atoms with Gasteiger partial charge in [-0.2, -0.15) is 0 Å². The van der Waals surface area contributed by atoms with Crippen molar-refractivity contribution in [1.82, 2.24) is 5.32 Å². The largest absolute Gasteiger partial charge is 0.493 e. The van der Waals surface area contributed by atoms with Crippen LogP contribution in [0.3, 0.4) is 0 Å². The predicted molar refractivity (Wildman–Crippen MR) is 84.4 cm³/mol. The van der Waals surface area contributed by atoms with Crippen LogP contribution in [0.15, 0.2) is 12.1 Å². The van der Waals surface area contributed by atoms with E-state index in [0.29, 0.717) is 23.9 Å². The van der Waals surface area contributed by atoms with Crippen molar-refractivity contribution in [3.8, 4) is 11.5 Å². The van der Waals surface area contributed by atoms with E-state index in [1.807, 2.05) is 13.1 Å². The monoisotopic (exact) mass is 313 g/mol. The molecule has 4 nitrogen and oxygen atoms in total. The van der Waals surface area contributed by atoms with Gasteiger partial charge < -0.3 is 19.5 Å². The number of hydrogen-bond acceptors (Lipinski definition) is 4. The summed E-state index contributed by atoms with van der Waals surface area (Å²) in [7, 11) is 3.51. The quantitative estimate of drug-likeness (QED) is 0.873. The summed E-state index contributed by atoms with van der Waals surface area (Å²) in [6.45, 7) is 5.42. The molecule has 1 aliphatic heterocycles. The molecule has 1 unspecified atom stereocenters. The normalized spacial score (nSPS) is 20.5. The van der Waals surface area contributed by atoms with E-state index in [-0.39, 0.29) is 11.7 Å². The smallest absolute Gasteiger partial charge is 0.165 e. The zero-order valence-corrected chi connectivity index (χ0v) is 13.9. The van der Waals surface area contributed by atoms with E-state index in [1.54, 1.807) is 13.2 Å². The highest BCUT2D eigenvalue weighted by atomic mass is 35.5. The number of methoxy groups -OCH3 is 1. The van der Waals surface area contributed by atoms with Gasteiger partial charge >= 0.3 is 0 Å². The van der Waals surface area contributed by atoms with Crippen LogP contribution in [0, 0.1) is 0 Å². The van der Waals surface area contributed by atoms with E-state index in [0.717, 1.165) is 24.2 Å². The van der Waals surface area contributed by atoms with Crippen molar-refractivity contribution in [2.45, 2.75) is 44.9 Å². The zero-order valence-electron chi connectivity index (χ0n) is 13.2. The van der Waals surface area contributed by atoms with Crippen molar-refractivity contribution >= 4 is 11.6 Å². The van der Waals surface area contributed by atoms with Gasteiger partial charge in [0.25, 0.3) is 0 Å². The minimum Gasteiger partial charge on any atom is -0.493 e. The van der Waals surface area contributed by atoms with Gasteiger partial charge in [-0.3, -0.25) is 0 Å². The molecule has 1 heterocycles. The first kappa shape index (κ1) is 16.4. The number of rotatable bonds is 6. The molecule has 0 amide bonds. The lowest BCUT2D eigenvalue weighted by Crippen LogP contribution is -2.24. The van der Waals surface area contributed by atoms with Crippen molar-refractivity contribution in [2.24, 2.45) is 0 Å². The maximum absolute atomic E-state index is 6.11. The van der Waals surface area contributed by atoms with Gasteiger partial charge in [0, 0.05) is 23.2 Å². The molecule has 1 aromatic rings. The molecule has 1 fully saturated rings. The van der Waals surface area contributed by atoms with Gasteiger partial charge in [-0.25, -0.2) is 0 Å². The fourth-order valence-electron chi connectivity index (χ4n) is 2.63. The van der Waals surface area contributed by atoms with Gasteiger partial charge in [0.1, 0.15) is 6.61 Å². The number of hydrogen-bond donors (Lipinski definition) is 1. The van der Waals surface area contributed by atoms with Gasteiger partial charge in [0.05, 0.1) is 18.8 Å². The second-order valence-corrected chi connectivity index (χ2v) is 6.41. The highest BCUT2D eigenvalue weighted by Crippen LogP contribution is 2.36. The van der Waals surface area contributed by atoms with Gasteiger partial charge in [0.2, 0.25) is 0 Å². The Hall–Kier alpha value is -0.970. The van der Waals surface area contributed by atoms with E-state index in [2.05, 4.69) is 19.2 Å². The molecule has 5 heteroatoms. The molecule has 1 atom stereocenters. The second-order valence-electron chi connectivity index (χ2n) is 5.98. The Labute approximate surface area is 131 Å². The molecule has 21 heavy (non-hydrogen) atoms. The summed E-state index contributed by atoms with van der Waals surface area (Å²) < 4.78 is 17.3. The lowest BCUT2D eigenvalue weighted by Gasteiger charge is -2.21. The molecule has 2 rings (SSSR count). The molecule has 0 bridgehead atoms. The van der Waals surface area contributed by atoms with Gasteiger partial charge in [-0.05, 0) is 39.8 Å². The summed E-state index contributed by atoms with van der Waals surface area (Å²) in [6, 6.07) is 3.67. The Kier molecular flexibility index (Phi) is 5.36. The lowest BCUT2D eigenvalue weighted by molar-refractivity contribution is -0.0330. The Morgan fingerprint density at radius 2 is 2.19 bits per heavy atom. The third-order valence-corrected chi connectivity index (χ3v) is 3.87. The summed E-state index contributed by atoms with van der Waals surface area (Å²) in [5, 5.41) is 3.76. The van der Waals surface area contributed by atoms with Crippen LogP contribution in [0.4, 0.5) is 0 Å². The molecule has 0 aliphatic carbocycles. The third-order valence-electron chi connectivity index (χ3n) is 3.65. The number of halogens is 1. The lowest BCUT2D eigenvalue weighted by atomic mass is 10.1. The first-order valence-electron chi connectivity index (χ1n) is 7.27. The highest BCUT2D eigenvalue weighted by molar-refractivity contribution is 6.30. The SMILES string of the molecule is CNCc1cc(Cl)cc(OC)c1OCC1CCC(C)(C)O1. The van der Waals surface area contributed by atoms with Crippen LogP contribution < -0.4 is 14.8 Å². The molecule has 0 saturated carbocycles. The van der Waals surface area contributed by atoms with E-state index in [9.17, 15) is 0 Å². The first-order valence-corrected chi connectivity index (χ1v) is 7.64. The second kappa shape index (κ2) is 6.86. The van der Waals surface area contributed by atoms with E-state index in [1.165, 1.54) is 0 Å². The topological polar surface area (TPSA) is 39.7 Å². The third kappa shape index (κ3) is 4.25. The Morgan fingerprint density at radius 1 is 1.43 bits per heavy atom. The van der Waals surface area contributed by atoms with Crippen molar-refractivity contribution in [3.05, 3.63) is 22.7 Å². The maximum atomic E-state index is 6.11. The molecule has 0 aromatic heterocycles. The Bertz CT molecular complexity index is 491. The summed E-state index contributed by atoms with van der Waals surface area (Å²) in [6.07, 6.45) is 2.20. The molecule has 1 N–H and O–H groups in total. The van der Waals surface area contributed by atoms with E-state index >= 15 is 0 Å². The summed E-state index contributed by atoms with van der Waals surface area (Å²) >= 11 is 6.11. The van der Waals surface area contributed by atoms with Crippen molar-refractivity contribution in [1.29, 1.82) is 0 Å². The molecule has 118 valence electrons. The molecule has 0 radical (unpaired) electrons. The Balaban J connectivity index is 2.11. The van der Waals surface area contributed by atoms with Crippen LogP contribution in [0.1, 0.15) is 32.3 Å². The standard InChI is InChI=1S/C16H24ClNO3/c1-16(2)6-5-13(21-16)10-20-15-11(9-18-3)7-12(17)8-14(15)19-4/h7-8,13,18H,5-6,9-10H2,1-4H3. The number of benzene rings is 1. The predicted octanol–water partition coefficient (Wildman–Crippen LogP) is 3.40. The molecule has 1 aromatic carbocycles. The van der Waals surface area contributed by atoms with Crippen LogP contribution in [-0.4, -0.2) is 32.5 Å².